The van der Waals surface area contributed by atoms with Crippen LogP contribution in [0.25, 0.3) is 0 Å². The summed E-state index contributed by atoms with van der Waals surface area (Å²) in [7, 11) is 0. The highest BCUT2D eigenvalue weighted by Gasteiger charge is 2.30. The van der Waals surface area contributed by atoms with Crippen LogP contribution in [-0.4, -0.2) is 27.5 Å². The Hall–Kier alpha value is -1.85. The summed E-state index contributed by atoms with van der Waals surface area (Å²) in [5, 5.41) is 6.93. The second kappa shape index (κ2) is 7.18. The van der Waals surface area contributed by atoms with Crippen LogP contribution in [0.15, 0.2) is 6.20 Å². The summed E-state index contributed by atoms with van der Waals surface area (Å²) in [4.78, 5) is 20.7. The first kappa shape index (κ1) is 18.0. The average Bonchev–Trinajstić information content (AvgIpc) is 2.97. The topological polar surface area (TPSA) is 92.9 Å². The third kappa shape index (κ3) is 4.22. The van der Waals surface area contributed by atoms with E-state index in [-0.39, 0.29) is 5.54 Å². The number of nitrogens with zero attached hydrogens (tertiary/aromatic N) is 2. The van der Waals surface area contributed by atoms with Crippen LogP contribution in [0.4, 0.5) is 11.8 Å². The minimum atomic E-state index is -0.488. The Morgan fingerprint density at radius 2 is 1.96 bits per heavy atom. The molecule has 2 fully saturated rings. The van der Waals surface area contributed by atoms with E-state index >= 15 is 0 Å². The molecule has 6 heteroatoms. The molecule has 1 aromatic heterocycles. The van der Waals surface area contributed by atoms with Gasteiger partial charge in [-0.05, 0) is 50.9 Å². The summed E-state index contributed by atoms with van der Waals surface area (Å²) in [6.45, 7) is 6.81. The van der Waals surface area contributed by atoms with Crippen LogP contribution in [-0.2, 0) is 0 Å². The molecule has 25 heavy (non-hydrogen) atoms. The number of primary amides is 1. The maximum Gasteiger partial charge on any atom is 0.254 e. The van der Waals surface area contributed by atoms with Gasteiger partial charge < -0.3 is 16.4 Å². The van der Waals surface area contributed by atoms with Gasteiger partial charge in [0.15, 0.2) is 0 Å². The molecule has 2 aliphatic carbocycles. The molecule has 0 saturated heterocycles. The lowest BCUT2D eigenvalue weighted by Crippen LogP contribution is -2.33. The molecule has 4 N–H and O–H groups in total. The Morgan fingerprint density at radius 1 is 1.24 bits per heavy atom. The lowest BCUT2D eigenvalue weighted by molar-refractivity contribution is 0.100. The highest BCUT2D eigenvalue weighted by atomic mass is 16.1. The van der Waals surface area contributed by atoms with Gasteiger partial charge in [-0.25, -0.2) is 4.98 Å². The van der Waals surface area contributed by atoms with Crippen molar-refractivity contribution >= 4 is 17.7 Å². The SMILES string of the molecule is C[C@@H]1CC[C@@H](Nc2nc(NC3(C)CCCC3)ncc2C(N)=O)C[C@H]1C. The van der Waals surface area contributed by atoms with E-state index in [1.807, 2.05) is 0 Å². The summed E-state index contributed by atoms with van der Waals surface area (Å²) < 4.78 is 0. The van der Waals surface area contributed by atoms with E-state index in [0.29, 0.717) is 29.3 Å². The molecule has 0 bridgehead atoms. The average molecular weight is 345 g/mol. The zero-order valence-electron chi connectivity index (χ0n) is 15.6. The predicted molar refractivity (Wildman–Crippen MR) is 101 cm³/mol. The molecular weight excluding hydrogens is 314 g/mol. The van der Waals surface area contributed by atoms with E-state index in [1.165, 1.54) is 19.3 Å². The Balaban J connectivity index is 1.78. The zero-order valence-corrected chi connectivity index (χ0v) is 15.6. The van der Waals surface area contributed by atoms with Gasteiger partial charge in [0, 0.05) is 17.8 Å². The van der Waals surface area contributed by atoms with Crippen LogP contribution in [0, 0.1) is 11.8 Å². The molecule has 1 amide bonds. The number of aromatic nitrogens is 2. The summed E-state index contributed by atoms with van der Waals surface area (Å²) in [6.07, 6.45) is 9.62. The van der Waals surface area contributed by atoms with Gasteiger partial charge in [-0.1, -0.05) is 26.7 Å². The van der Waals surface area contributed by atoms with E-state index in [4.69, 9.17) is 5.73 Å². The number of hydrogen-bond acceptors (Lipinski definition) is 5. The molecule has 138 valence electrons. The standard InChI is InChI=1S/C19H31N5O/c1-12-6-7-14(10-13(12)2)22-17-15(16(20)25)11-21-18(23-17)24-19(3)8-4-5-9-19/h11-14H,4-10H2,1-3H3,(H2,20,25)(H2,21,22,23,24)/t12-,13-,14-/m1/s1. The number of nitrogens with one attached hydrogen (secondary N) is 2. The zero-order chi connectivity index (χ0) is 18.0. The fraction of sp³-hybridized carbons (Fsp3) is 0.737. The van der Waals surface area contributed by atoms with Crippen LogP contribution in [0.2, 0.25) is 0 Å². The summed E-state index contributed by atoms with van der Waals surface area (Å²) >= 11 is 0. The highest BCUT2D eigenvalue weighted by molar-refractivity contribution is 5.97. The highest BCUT2D eigenvalue weighted by Crippen LogP contribution is 2.33. The molecule has 0 spiro atoms. The quantitative estimate of drug-likeness (QED) is 0.759. The fourth-order valence-electron chi connectivity index (χ4n) is 4.15. The van der Waals surface area contributed by atoms with Crippen molar-refractivity contribution in [2.24, 2.45) is 17.6 Å². The fourth-order valence-corrected chi connectivity index (χ4v) is 4.15. The van der Waals surface area contributed by atoms with Crippen LogP contribution < -0.4 is 16.4 Å². The van der Waals surface area contributed by atoms with Crippen molar-refractivity contribution in [1.82, 2.24) is 9.97 Å². The smallest absolute Gasteiger partial charge is 0.254 e. The number of carbonyl (C=O) groups is 1. The molecule has 0 aliphatic heterocycles. The Kier molecular flexibility index (Phi) is 5.16. The molecule has 6 nitrogen and oxygen atoms in total. The number of anilines is 2. The molecule has 3 rings (SSSR count). The number of nitrogens with two attached hydrogens (primary N) is 1. The molecule has 2 saturated carbocycles. The number of rotatable bonds is 5. The van der Waals surface area contributed by atoms with Crippen LogP contribution in [0.5, 0.6) is 0 Å². The first-order valence-corrected chi connectivity index (χ1v) is 9.58. The molecule has 2 aliphatic rings. The van der Waals surface area contributed by atoms with Gasteiger partial charge in [-0.15, -0.1) is 0 Å². The van der Waals surface area contributed by atoms with E-state index in [0.717, 1.165) is 31.6 Å². The van der Waals surface area contributed by atoms with Crippen molar-refractivity contribution < 1.29 is 4.79 Å². The van der Waals surface area contributed by atoms with Crippen LogP contribution in [0.1, 0.15) is 76.1 Å². The Labute approximate surface area is 150 Å². The molecule has 3 atom stereocenters. The summed E-state index contributed by atoms with van der Waals surface area (Å²) in [5.74, 6) is 2.07. The van der Waals surface area contributed by atoms with Gasteiger partial charge in [-0.3, -0.25) is 4.79 Å². The van der Waals surface area contributed by atoms with Gasteiger partial charge in [-0.2, -0.15) is 4.98 Å². The van der Waals surface area contributed by atoms with Crippen molar-refractivity contribution in [2.75, 3.05) is 10.6 Å². The lowest BCUT2D eigenvalue weighted by atomic mass is 9.79. The molecule has 1 heterocycles. The maximum absolute atomic E-state index is 11.8. The number of carbonyl (C=O) groups excluding carboxylic acids is 1. The van der Waals surface area contributed by atoms with E-state index in [2.05, 4.69) is 41.4 Å². The van der Waals surface area contributed by atoms with Crippen molar-refractivity contribution in [2.45, 2.75) is 77.3 Å². The largest absolute Gasteiger partial charge is 0.366 e. The molecule has 1 aromatic rings. The summed E-state index contributed by atoms with van der Waals surface area (Å²) in [5.41, 5.74) is 5.94. The molecular formula is C19H31N5O. The molecule has 0 unspecified atom stereocenters. The van der Waals surface area contributed by atoms with Crippen molar-refractivity contribution in [3.05, 3.63) is 11.8 Å². The van der Waals surface area contributed by atoms with E-state index < -0.39 is 5.91 Å². The van der Waals surface area contributed by atoms with Gasteiger partial charge in [0.05, 0.1) is 5.56 Å². The number of amides is 1. The third-order valence-corrected chi connectivity index (χ3v) is 6.11. The minimum absolute atomic E-state index is 0.0420. The lowest BCUT2D eigenvalue weighted by Gasteiger charge is -2.33. The second-order valence-electron chi connectivity index (χ2n) is 8.32. The first-order chi connectivity index (χ1) is 11.9. The summed E-state index contributed by atoms with van der Waals surface area (Å²) in [6, 6.07) is 0.328. The molecule has 0 radical (unpaired) electrons. The monoisotopic (exact) mass is 345 g/mol. The van der Waals surface area contributed by atoms with Gasteiger partial charge in [0.1, 0.15) is 5.82 Å². The third-order valence-electron chi connectivity index (χ3n) is 6.11. The Morgan fingerprint density at radius 3 is 2.60 bits per heavy atom. The van der Waals surface area contributed by atoms with Crippen LogP contribution >= 0.6 is 0 Å². The van der Waals surface area contributed by atoms with Crippen LogP contribution in [0.3, 0.4) is 0 Å². The minimum Gasteiger partial charge on any atom is -0.366 e. The molecule has 0 aromatic carbocycles. The predicted octanol–water partition coefficient (Wildman–Crippen LogP) is 3.56. The maximum atomic E-state index is 11.8. The van der Waals surface area contributed by atoms with Gasteiger partial charge in [0.2, 0.25) is 5.95 Å². The normalized spacial score (nSPS) is 28.5. The van der Waals surface area contributed by atoms with E-state index in [1.54, 1.807) is 6.20 Å². The number of hydrogen-bond donors (Lipinski definition) is 3. The van der Waals surface area contributed by atoms with Crippen molar-refractivity contribution in [3.8, 4) is 0 Å². The van der Waals surface area contributed by atoms with Crippen molar-refractivity contribution in [1.29, 1.82) is 0 Å². The van der Waals surface area contributed by atoms with Gasteiger partial charge in [0.25, 0.3) is 5.91 Å². The first-order valence-electron chi connectivity index (χ1n) is 9.58. The van der Waals surface area contributed by atoms with Gasteiger partial charge >= 0.3 is 0 Å². The van der Waals surface area contributed by atoms with Crippen molar-refractivity contribution in [3.63, 3.8) is 0 Å². The Bertz CT molecular complexity index is 626. The van der Waals surface area contributed by atoms with E-state index in [9.17, 15) is 4.79 Å². The second-order valence-corrected chi connectivity index (χ2v) is 8.32.